The van der Waals surface area contributed by atoms with Crippen molar-refractivity contribution >= 4 is 23.0 Å². The van der Waals surface area contributed by atoms with Gasteiger partial charge in [-0.1, -0.05) is 12.1 Å². The van der Waals surface area contributed by atoms with Crippen LogP contribution < -0.4 is 11.3 Å². The molecule has 1 aromatic carbocycles. The number of nitrogens with two attached hydrogens (primary N) is 1. The lowest BCUT2D eigenvalue weighted by molar-refractivity contribution is 0.0995. The quantitative estimate of drug-likeness (QED) is 0.601. The van der Waals surface area contributed by atoms with Crippen molar-refractivity contribution in [3.8, 4) is 5.75 Å². The van der Waals surface area contributed by atoms with Crippen molar-refractivity contribution < 1.29 is 19.1 Å². The van der Waals surface area contributed by atoms with Crippen LogP contribution in [0.1, 0.15) is 21.5 Å². The fourth-order valence-electron chi connectivity index (χ4n) is 3.41. The van der Waals surface area contributed by atoms with E-state index in [1.165, 1.54) is 32.7 Å². The second-order valence-electron chi connectivity index (χ2n) is 7.66. The molecular weight excluding hydrogens is 417 g/mol. The predicted molar refractivity (Wildman–Crippen MR) is 117 cm³/mol. The van der Waals surface area contributed by atoms with Crippen molar-refractivity contribution in [3.05, 3.63) is 69.4 Å². The minimum Gasteiger partial charge on any atom is -0.505 e. The summed E-state index contributed by atoms with van der Waals surface area (Å²) in [6.45, 7) is 0.213. The Morgan fingerprint density at radius 3 is 2.41 bits per heavy atom. The number of rotatable bonds is 6. The molecule has 3 amide bonds. The van der Waals surface area contributed by atoms with Crippen LogP contribution >= 0.6 is 0 Å². The number of halogens is 1. The molecule has 0 spiro atoms. The molecule has 0 bridgehead atoms. The molecule has 0 saturated heterocycles. The Labute approximate surface area is 183 Å². The fraction of sp³-hybridized carbons (Fsp3) is 0.273. The molecule has 0 unspecified atom stereocenters. The van der Waals surface area contributed by atoms with Crippen molar-refractivity contribution in [1.82, 2.24) is 19.4 Å². The summed E-state index contributed by atoms with van der Waals surface area (Å²) in [5.41, 5.74) is 5.87. The molecule has 3 rings (SSSR count). The number of aromatic nitrogens is 2. The lowest BCUT2D eigenvalue weighted by Gasteiger charge is -2.23. The first kappa shape index (κ1) is 22.7. The van der Waals surface area contributed by atoms with Gasteiger partial charge in [-0.05, 0) is 35.7 Å². The molecule has 10 heteroatoms. The van der Waals surface area contributed by atoms with E-state index in [9.17, 15) is 23.9 Å². The number of carbonyl (C=O) groups is 2. The van der Waals surface area contributed by atoms with Gasteiger partial charge in [0.2, 0.25) is 0 Å². The number of carbonyl (C=O) groups excluding carboxylic acids is 2. The largest absolute Gasteiger partial charge is 0.505 e. The number of hydrogen-bond acceptors (Lipinski definition) is 5. The normalized spacial score (nSPS) is 10.9. The highest BCUT2D eigenvalue weighted by atomic mass is 19.1. The molecule has 3 N–H and O–H groups in total. The maximum Gasteiger partial charge on any atom is 0.319 e. The van der Waals surface area contributed by atoms with Gasteiger partial charge in [-0.25, -0.2) is 9.18 Å². The van der Waals surface area contributed by atoms with Crippen LogP contribution in [0.4, 0.5) is 9.18 Å². The molecule has 0 fully saturated rings. The third kappa shape index (κ3) is 4.53. The van der Waals surface area contributed by atoms with Crippen LogP contribution in [0.25, 0.3) is 11.0 Å². The molecule has 0 aliphatic rings. The number of urea groups is 1. The summed E-state index contributed by atoms with van der Waals surface area (Å²) < 4.78 is 14.5. The van der Waals surface area contributed by atoms with Gasteiger partial charge in [0, 0.05) is 40.4 Å². The van der Waals surface area contributed by atoms with Gasteiger partial charge >= 0.3 is 6.03 Å². The number of fused-ring (bicyclic) bond motifs is 1. The predicted octanol–water partition coefficient (Wildman–Crippen LogP) is 1.54. The lowest BCUT2D eigenvalue weighted by Crippen LogP contribution is -2.40. The number of primary amides is 1. The van der Waals surface area contributed by atoms with Gasteiger partial charge < -0.3 is 25.2 Å². The smallest absolute Gasteiger partial charge is 0.319 e. The Kier molecular flexibility index (Phi) is 6.42. The average Bonchev–Trinajstić information content (AvgIpc) is 2.74. The van der Waals surface area contributed by atoms with Gasteiger partial charge in [0.15, 0.2) is 5.75 Å². The summed E-state index contributed by atoms with van der Waals surface area (Å²) in [6.07, 6.45) is 1.92. The summed E-state index contributed by atoms with van der Waals surface area (Å²) in [6, 6.07) is 7.39. The minimum absolute atomic E-state index is 0.0443. The Bertz CT molecular complexity index is 1240. The average molecular weight is 441 g/mol. The maximum absolute atomic E-state index is 13.2. The molecule has 9 nitrogen and oxygen atoms in total. The zero-order valence-electron chi connectivity index (χ0n) is 18.0. The monoisotopic (exact) mass is 441 g/mol. The first-order valence-electron chi connectivity index (χ1n) is 9.81. The highest BCUT2D eigenvalue weighted by Crippen LogP contribution is 2.26. The molecule has 0 aliphatic heterocycles. The van der Waals surface area contributed by atoms with E-state index in [0.29, 0.717) is 17.5 Å². The van der Waals surface area contributed by atoms with Gasteiger partial charge in [-0.3, -0.25) is 14.6 Å². The van der Waals surface area contributed by atoms with Crippen molar-refractivity contribution in [1.29, 1.82) is 0 Å². The van der Waals surface area contributed by atoms with E-state index in [1.807, 2.05) is 0 Å². The summed E-state index contributed by atoms with van der Waals surface area (Å²) in [5.74, 6) is -2.00. The van der Waals surface area contributed by atoms with E-state index in [0.717, 1.165) is 5.56 Å². The van der Waals surface area contributed by atoms with E-state index < -0.39 is 22.8 Å². The Balaban J connectivity index is 2.08. The molecule has 0 radical (unpaired) electrons. The minimum atomic E-state index is -1.07. The molecule has 2 aromatic heterocycles. The lowest BCUT2D eigenvalue weighted by atomic mass is 10.1. The standard InChI is InChI=1S/C22H24FN5O4/c1-26(2)22(32)27(3)8-9-28-16-11-14(10-13-4-6-15(23)7-5-13)12-25-18(16)19(29)17(20(24)30)21(28)31/h4-7,11-12,29H,8-10H2,1-3H3,(H2,24,30). The molecular formula is C22H24FN5O4. The van der Waals surface area contributed by atoms with Crippen molar-refractivity contribution in [2.45, 2.75) is 13.0 Å². The van der Waals surface area contributed by atoms with E-state index >= 15 is 0 Å². The van der Waals surface area contributed by atoms with E-state index in [-0.39, 0.29) is 30.5 Å². The summed E-state index contributed by atoms with van der Waals surface area (Å²) in [7, 11) is 4.80. The molecule has 3 aromatic rings. The van der Waals surface area contributed by atoms with Crippen LogP contribution in [-0.4, -0.2) is 64.1 Å². The van der Waals surface area contributed by atoms with Crippen molar-refractivity contribution in [2.24, 2.45) is 5.73 Å². The van der Waals surface area contributed by atoms with Gasteiger partial charge in [-0.15, -0.1) is 0 Å². The van der Waals surface area contributed by atoms with Crippen LogP contribution in [0, 0.1) is 5.82 Å². The summed E-state index contributed by atoms with van der Waals surface area (Å²) in [4.78, 5) is 44.0. The van der Waals surface area contributed by atoms with E-state index in [1.54, 1.807) is 39.3 Å². The van der Waals surface area contributed by atoms with Gasteiger partial charge in [0.25, 0.3) is 11.5 Å². The summed E-state index contributed by atoms with van der Waals surface area (Å²) in [5, 5.41) is 10.5. The van der Waals surface area contributed by atoms with Crippen molar-refractivity contribution in [3.63, 3.8) is 0 Å². The second-order valence-corrected chi connectivity index (χ2v) is 7.66. The number of pyridine rings is 2. The maximum atomic E-state index is 13.2. The van der Waals surface area contributed by atoms with Gasteiger partial charge in [0.1, 0.15) is 16.9 Å². The van der Waals surface area contributed by atoms with Gasteiger partial charge in [0.05, 0.1) is 5.52 Å². The molecule has 0 saturated carbocycles. The number of likely N-dealkylation sites (N-methyl/N-ethyl adjacent to an activating group) is 1. The first-order chi connectivity index (χ1) is 15.1. The highest BCUT2D eigenvalue weighted by molar-refractivity contribution is 6.00. The molecule has 0 atom stereocenters. The Hall–Kier alpha value is -3.95. The zero-order valence-corrected chi connectivity index (χ0v) is 18.0. The van der Waals surface area contributed by atoms with Crippen LogP contribution in [0.15, 0.2) is 41.3 Å². The van der Waals surface area contributed by atoms with Crippen LogP contribution in [0.5, 0.6) is 5.75 Å². The van der Waals surface area contributed by atoms with E-state index in [2.05, 4.69) is 4.98 Å². The Morgan fingerprint density at radius 1 is 1.16 bits per heavy atom. The highest BCUT2D eigenvalue weighted by Gasteiger charge is 2.22. The Morgan fingerprint density at radius 2 is 1.81 bits per heavy atom. The topological polar surface area (TPSA) is 122 Å². The number of amides is 3. The zero-order chi connectivity index (χ0) is 23.6. The molecule has 0 aliphatic carbocycles. The third-order valence-corrected chi connectivity index (χ3v) is 5.07. The fourth-order valence-corrected chi connectivity index (χ4v) is 3.41. The molecule has 168 valence electrons. The SMILES string of the molecule is CN(C)C(=O)N(C)CCn1c(=O)c(C(N)=O)c(O)c2ncc(Cc3ccc(F)cc3)cc21. The molecule has 2 heterocycles. The number of aromatic hydroxyl groups is 1. The van der Waals surface area contributed by atoms with E-state index in [4.69, 9.17) is 5.73 Å². The number of nitrogens with zero attached hydrogens (tertiary/aromatic N) is 4. The second kappa shape index (κ2) is 9.04. The molecule has 32 heavy (non-hydrogen) atoms. The van der Waals surface area contributed by atoms with Gasteiger partial charge in [-0.2, -0.15) is 0 Å². The number of hydrogen-bond donors (Lipinski definition) is 2. The number of benzene rings is 1. The third-order valence-electron chi connectivity index (χ3n) is 5.07. The van der Waals surface area contributed by atoms with Crippen LogP contribution in [-0.2, 0) is 13.0 Å². The van der Waals surface area contributed by atoms with Crippen LogP contribution in [0.2, 0.25) is 0 Å². The van der Waals surface area contributed by atoms with Crippen LogP contribution in [0.3, 0.4) is 0 Å². The first-order valence-corrected chi connectivity index (χ1v) is 9.81. The summed E-state index contributed by atoms with van der Waals surface area (Å²) >= 11 is 0. The van der Waals surface area contributed by atoms with Crippen molar-refractivity contribution in [2.75, 3.05) is 27.7 Å².